The summed E-state index contributed by atoms with van der Waals surface area (Å²) in [5, 5.41) is 7.55. The molecule has 0 fully saturated rings. The van der Waals surface area contributed by atoms with Gasteiger partial charge in [-0.05, 0) is 31.4 Å². The quantitative estimate of drug-likeness (QED) is 0.752. The molecule has 1 heterocycles. The minimum Gasteiger partial charge on any atom is -0.497 e. The summed E-state index contributed by atoms with van der Waals surface area (Å²) in [6, 6.07) is 15.2. The van der Waals surface area contributed by atoms with Crippen LogP contribution in [0.4, 0.5) is 5.69 Å². The molecule has 27 heavy (non-hydrogen) atoms. The average Bonchev–Trinajstić information content (AvgIpc) is 3.30. The van der Waals surface area contributed by atoms with E-state index in [2.05, 4.69) is 10.4 Å². The van der Waals surface area contributed by atoms with Crippen LogP contribution >= 0.6 is 0 Å². The zero-order valence-electron chi connectivity index (χ0n) is 15.4. The summed E-state index contributed by atoms with van der Waals surface area (Å²) >= 11 is 0. The fourth-order valence-electron chi connectivity index (χ4n) is 3.47. The van der Waals surface area contributed by atoms with Crippen LogP contribution in [0, 0.1) is 0 Å². The molecule has 0 spiro atoms. The van der Waals surface area contributed by atoms with E-state index in [1.165, 1.54) is 0 Å². The number of carbonyl (C=O) groups is 1. The number of ether oxygens (including phenoxy) is 2. The Hall–Kier alpha value is -3.28. The molecule has 0 radical (unpaired) electrons. The molecule has 6 heteroatoms. The van der Waals surface area contributed by atoms with E-state index < -0.39 is 0 Å². The van der Waals surface area contributed by atoms with Crippen molar-refractivity contribution in [3.8, 4) is 17.2 Å². The number of aromatic nitrogens is 2. The number of hydrogen-bond donors (Lipinski definition) is 1. The number of rotatable bonds is 5. The largest absolute Gasteiger partial charge is 0.497 e. The molecule has 0 atom stereocenters. The molecule has 0 saturated heterocycles. The summed E-state index contributed by atoms with van der Waals surface area (Å²) in [5.41, 5.74) is 4.21. The van der Waals surface area contributed by atoms with Crippen LogP contribution in [0.5, 0.6) is 11.5 Å². The smallest absolute Gasteiger partial charge is 0.276 e. The van der Waals surface area contributed by atoms with Gasteiger partial charge in [0.25, 0.3) is 5.91 Å². The number of benzene rings is 2. The number of carbonyl (C=O) groups excluding carboxylic acids is 1. The summed E-state index contributed by atoms with van der Waals surface area (Å²) in [4.78, 5) is 12.9. The molecule has 6 nitrogen and oxygen atoms in total. The average molecular weight is 363 g/mol. The first-order valence-electron chi connectivity index (χ1n) is 8.90. The lowest BCUT2D eigenvalue weighted by atomic mass is 10.2. The minimum absolute atomic E-state index is 0.224. The molecule has 1 aliphatic carbocycles. The first-order valence-corrected chi connectivity index (χ1v) is 8.90. The highest BCUT2D eigenvalue weighted by Gasteiger charge is 2.27. The number of methoxy groups -OCH3 is 2. The Kier molecular flexibility index (Phi) is 4.54. The van der Waals surface area contributed by atoms with E-state index in [1.54, 1.807) is 32.4 Å². The number of anilines is 1. The van der Waals surface area contributed by atoms with Crippen LogP contribution < -0.4 is 14.8 Å². The molecule has 1 aliphatic rings. The van der Waals surface area contributed by atoms with Gasteiger partial charge in [0.05, 0.1) is 19.9 Å². The Morgan fingerprint density at radius 3 is 2.41 bits per heavy atom. The van der Waals surface area contributed by atoms with Crippen LogP contribution in [0.1, 0.15) is 28.2 Å². The molecule has 1 N–H and O–H groups in total. The molecule has 0 saturated carbocycles. The van der Waals surface area contributed by atoms with Gasteiger partial charge in [0.15, 0.2) is 5.69 Å². The lowest BCUT2D eigenvalue weighted by Gasteiger charge is -2.09. The second-order valence-electron chi connectivity index (χ2n) is 6.43. The zero-order chi connectivity index (χ0) is 18.8. The molecule has 2 aromatic carbocycles. The van der Waals surface area contributed by atoms with Crippen LogP contribution in [0.3, 0.4) is 0 Å². The van der Waals surface area contributed by atoms with Gasteiger partial charge >= 0.3 is 0 Å². The lowest BCUT2D eigenvalue weighted by Crippen LogP contribution is -2.15. The number of amides is 1. The SMILES string of the molecule is COc1cc(NC(=O)c2nn(-c3ccccc3)c3c2CCC3)cc(OC)c1. The van der Waals surface area contributed by atoms with Crippen molar-refractivity contribution in [2.24, 2.45) is 0 Å². The van der Waals surface area contributed by atoms with Gasteiger partial charge in [0, 0.05) is 35.1 Å². The van der Waals surface area contributed by atoms with Crippen molar-refractivity contribution in [2.75, 3.05) is 19.5 Å². The molecular formula is C21H21N3O3. The van der Waals surface area contributed by atoms with Crippen LogP contribution in [-0.4, -0.2) is 29.9 Å². The zero-order valence-corrected chi connectivity index (χ0v) is 15.4. The first-order chi connectivity index (χ1) is 13.2. The fourth-order valence-corrected chi connectivity index (χ4v) is 3.47. The van der Waals surface area contributed by atoms with Gasteiger partial charge in [-0.3, -0.25) is 4.79 Å². The maximum Gasteiger partial charge on any atom is 0.276 e. The molecule has 0 unspecified atom stereocenters. The maximum atomic E-state index is 12.9. The number of fused-ring (bicyclic) bond motifs is 1. The van der Waals surface area contributed by atoms with Gasteiger partial charge in [0.2, 0.25) is 0 Å². The van der Waals surface area contributed by atoms with E-state index >= 15 is 0 Å². The van der Waals surface area contributed by atoms with Gasteiger partial charge in [-0.15, -0.1) is 0 Å². The standard InChI is InChI=1S/C21H21N3O3/c1-26-16-11-14(12-17(13-16)27-2)22-21(25)20-18-9-6-10-19(18)24(23-20)15-7-4-3-5-8-15/h3-5,7-8,11-13H,6,9-10H2,1-2H3,(H,22,25). The predicted molar refractivity (Wildman–Crippen MR) is 103 cm³/mol. The third-order valence-electron chi connectivity index (χ3n) is 4.76. The van der Waals surface area contributed by atoms with E-state index in [1.807, 2.05) is 35.0 Å². The summed E-state index contributed by atoms with van der Waals surface area (Å²) in [5.74, 6) is 1.01. The van der Waals surface area contributed by atoms with Crippen LogP contribution in [-0.2, 0) is 12.8 Å². The van der Waals surface area contributed by atoms with E-state index in [0.29, 0.717) is 22.9 Å². The summed E-state index contributed by atoms with van der Waals surface area (Å²) in [6.45, 7) is 0. The lowest BCUT2D eigenvalue weighted by molar-refractivity contribution is 0.102. The molecule has 3 aromatic rings. The van der Waals surface area contributed by atoms with Gasteiger partial charge in [-0.1, -0.05) is 18.2 Å². The minimum atomic E-state index is -0.224. The third kappa shape index (κ3) is 3.26. The number of nitrogens with one attached hydrogen (secondary N) is 1. The van der Waals surface area contributed by atoms with Crippen LogP contribution in [0.15, 0.2) is 48.5 Å². The predicted octanol–water partition coefficient (Wildman–Crippen LogP) is 3.63. The van der Waals surface area contributed by atoms with Gasteiger partial charge in [-0.25, -0.2) is 4.68 Å². The van der Waals surface area contributed by atoms with Crippen molar-refractivity contribution in [1.29, 1.82) is 0 Å². The van der Waals surface area contributed by atoms with Crippen molar-refractivity contribution in [1.82, 2.24) is 9.78 Å². The summed E-state index contributed by atoms with van der Waals surface area (Å²) < 4.78 is 12.4. The summed E-state index contributed by atoms with van der Waals surface area (Å²) in [6.07, 6.45) is 2.83. The molecule has 4 rings (SSSR count). The normalized spacial score (nSPS) is 12.5. The van der Waals surface area contributed by atoms with E-state index in [9.17, 15) is 4.79 Å². The monoisotopic (exact) mass is 363 g/mol. The van der Waals surface area contributed by atoms with Crippen molar-refractivity contribution >= 4 is 11.6 Å². The van der Waals surface area contributed by atoms with Crippen molar-refractivity contribution in [3.05, 3.63) is 65.5 Å². The van der Waals surface area contributed by atoms with Crippen LogP contribution in [0.25, 0.3) is 5.69 Å². The molecule has 0 bridgehead atoms. The Bertz CT molecular complexity index is 958. The Labute approximate surface area is 157 Å². The summed E-state index contributed by atoms with van der Waals surface area (Å²) in [7, 11) is 3.16. The van der Waals surface area contributed by atoms with Gasteiger partial charge in [0.1, 0.15) is 11.5 Å². The Morgan fingerprint density at radius 1 is 1.04 bits per heavy atom. The molecule has 1 amide bonds. The number of para-hydroxylation sites is 1. The van der Waals surface area contributed by atoms with Crippen molar-refractivity contribution in [2.45, 2.75) is 19.3 Å². The first kappa shape index (κ1) is 17.1. The number of hydrogen-bond acceptors (Lipinski definition) is 4. The van der Waals surface area contributed by atoms with Crippen LogP contribution in [0.2, 0.25) is 0 Å². The van der Waals surface area contributed by atoms with E-state index in [-0.39, 0.29) is 5.91 Å². The third-order valence-corrected chi connectivity index (χ3v) is 4.76. The Balaban J connectivity index is 1.67. The number of nitrogens with zero attached hydrogens (tertiary/aromatic N) is 2. The molecular weight excluding hydrogens is 342 g/mol. The van der Waals surface area contributed by atoms with Crippen molar-refractivity contribution in [3.63, 3.8) is 0 Å². The van der Waals surface area contributed by atoms with E-state index in [0.717, 1.165) is 36.2 Å². The van der Waals surface area contributed by atoms with E-state index in [4.69, 9.17) is 9.47 Å². The topological polar surface area (TPSA) is 65.4 Å². The van der Waals surface area contributed by atoms with Gasteiger partial charge < -0.3 is 14.8 Å². The highest BCUT2D eigenvalue weighted by molar-refractivity contribution is 6.04. The molecule has 138 valence electrons. The molecule has 0 aliphatic heterocycles. The maximum absolute atomic E-state index is 12.9. The molecule has 1 aromatic heterocycles. The second-order valence-corrected chi connectivity index (χ2v) is 6.43. The highest BCUT2D eigenvalue weighted by Crippen LogP contribution is 2.30. The second kappa shape index (κ2) is 7.15. The Morgan fingerprint density at radius 2 is 1.74 bits per heavy atom. The highest BCUT2D eigenvalue weighted by atomic mass is 16.5. The fraction of sp³-hybridized carbons (Fsp3) is 0.238. The van der Waals surface area contributed by atoms with Gasteiger partial charge in [-0.2, -0.15) is 5.10 Å². The van der Waals surface area contributed by atoms with Crippen molar-refractivity contribution < 1.29 is 14.3 Å².